The first-order valence-corrected chi connectivity index (χ1v) is 13.4. The van der Waals surface area contributed by atoms with Gasteiger partial charge in [0.15, 0.2) is 0 Å². The smallest absolute Gasteiger partial charge is 0.338 e. The van der Waals surface area contributed by atoms with E-state index in [1.54, 1.807) is 6.07 Å². The molecular weight excluding hydrogens is 545 g/mol. The molecule has 1 aliphatic rings. The topological polar surface area (TPSA) is 118 Å². The Bertz CT molecular complexity index is 1610. The molecule has 10 nitrogen and oxygen atoms in total. The van der Waals surface area contributed by atoms with E-state index < -0.39 is 27.7 Å². The number of piperazine rings is 1. The number of carbonyl (C=O) groups is 2. The second kappa shape index (κ2) is 9.72. The summed E-state index contributed by atoms with van der Waals surface area (Å²) in [6.07, 6.45) is -1.74. The van der Waals surface area contributed by atoms with Crippen LogP contribution in [0.3, 0.4) is 0 Å². The lowest BCUT2D eigenvalue weighted by Gasteiger charge is -2.34. The molecule has 200 valence electrons. The minimum absolute atomic E-state index is 0. The molecule has 2 aromatic carbocycles. The minimum atomic E-state index is -4.51. The summed E-state index contributed by atoms with van der Waals surface area (Å²) >= 11 is 0.893. The number of carbonyl (C=O) groups excluding carboxylic acids is 2. The van der Waals surface area contributed by atoms with Gasteiger partial charge in [0, 0.05) is 43.4 Å². The van der Waals surface area contributed by atoms with Crippen molar-refractivity contribution in [1.82, 2.24) is 18.8 Å². The molecule has 38 heavy (non-hydrogen) atoms. The Morgan fingerprint density at radius 1 is 1.11 bits per heavy atom. The fraction of sp³-hybridized carbons (Fsp3) is 0.217. The van der Waals surface area contributed by atoms with Crippen molar-refractivity contribution in [3.8, 4) is 0 Å². The van der Waals surface area contributed by atoms with Crippen LogP contribution < -0.4 is 9.62 Å². The van der Waals surface area contributed by atoms with E-state index in [-0.39, 0.29) is 49.1 Å². The maximum Gasteiger partial charge on any atom is 0.416 e. The average Bonchev–Trinajstić information content (AvgIpc) is 3.53. The van der Waals surface area contributed by atoms with E-state index in [4.69, 9.17) is 0 Å². The van der Waals surface area contributed by atoms with Crippen LogP contribution in [0.15, 0.2) is 66.0 Å². The fourth-order valence-electron chi connectivity index (χ4n) is 4.10. The number of amides is 2. The molecule has 5 rings (SSSR count). The first-order valence-electron chi connectivity index (χ1n) is 11.1. The van der Waals surface area contributed by atoms with Gasteiger partial charge in [-0.15, -0.1) is 0 Å². The minimum Gasteiger partial charge on any atom is -0.338 e. The molecule has 0 aliphatic carbocycles. The first kappa shape index (κ1) is 25.7. The van der Waals surface area contributed by atoms with Gasteiger partial charge in [0.05, 0.1) is 10.5 Å². The lowest BCUT2D eigenvalue weighted by atomic mass is 10.1. The molecule has 0 atom stereocenters. The Labute approximate surface area is 220 Å². The molecule has 1 fully saturated rings. The van der Waals surface area contributed by atoms with Crippen molar-refractivity contribution in [2.45, 2.75) is 17.6 Å². The number of fused-ring (bicyclic) bond motifs is 1. The summed E-state index contributed by atoms with van der Waals surface area (Å²) in [5, 5.41) is 0.689. The highest BCUT2D eigenvalue weighted by Crippen LogP contribution is 2.32. The van der Waals surface area contributed by atoms with Crippen molar-refractivity contribution in [2.24, 2.45) is 0 Å². The normalized spacial score (nSPS) is 14.8. The summed E-state index contributed by atoms with van der Waals surface area (Å²) in [6.45, 7) is -0.0582. The number of alkyl halides is 3. The van der Waals surface area contributed by atoms with Gasteiger partial charge in [-0.05, 0) is 47.9 Å². The van der Waals surface area contributed by atoms with Crippen LogP contribution in [0, 0.1) is 0 Å². The highest BCUT2D eigenvalue weighted by Gasteiger charge is 2.31. The van der Waals surface area contributed by atoms with E-state index >= 15 is 0 Å². The van der Waals surface area contributed by atoms with E-state index in [2.05, 4.69) is 14.1 Å². The molecule has 1 aliphatic heterocycles. The summed E-state index contributed by atoms with van der Waals surface area (Å²) in [5.74, 6) is -0.777. The third-order valence-electron chi connectivity index (χ3n) is 6.02. The predicted molar refractivity (Wildman–Crippen MR) is 135 cm³/mol. The second-order valence-corrected chi connectivity index (χ2v) is 10.9. The van der Waals surface area contributed by atoms with Gasteiger partial charge in [-0.3, -0.25) is 14.3 Å². The lowest BCUT2D eigenvalue weighted by molar-refractivity contribution is -0.137. The van der Waals surface area contributed by atoms with Gasteiger partial charge in [0.25, 0.3) is 10.0 Å². The number of nitrogens with zero attached hydrogens (tertiary/aromatic N) is 5. The standard InChI is InChI=1S/C23H19F3N6O4S2.H2/c24-23(25,26)16-2-1-15-7-8-30(19(15)11-16)12-20(33)31-9-10-32(21(34)13-31)17-3-5-18(6-4-17)38(35,36)29-22-27-14-28-37-22;/h1-8,11,14H,9-10,12-13H2,(H,27,28,29);1H. The molecule has 0 radical (unpaired) electrons. The fourth-order valence-corrected chi connectivity index (χ4v) is 5.76. The molecule has 4 aromatic rings. The summed E-state index contributed by atoms with van der Waals surface area (Å²) in [6, 6.07) is 10.7. The van der Waals surface area contributed by atoms with Crippen LogP contribution in [0.25, 0.3) is 10.9 Å². The van der Waals surface area contributed by atoms with Crippen molar-refractivity contribution < 1.29 is 32.6 Å². The zero-order valence-corrected chi connectivity index (χ0v) is 21.1. The third-order valence-corrected chi connectivity index (χ3v) is 8.09. The highest BCUT2D eigenvalue weighted by molar-refractivity contribution is 7.93. The van der Waals surface area contributed by atoms with E-state index in [1.807, 2.05) is 0 Å². The number of hydrogen-bond acceptors (Lipinski definition) is 7. The van der Waals surface area contributed by atoms with Crippen molar-refractivity contribution >= 4 is 55.1 Å². The largest absolute Gasteiger partial charge is 0.416 e. The Morgan fingerprint density at radius 3 is 2.53 bits per heavy atom. The zero-order valence-electron chi connectivity index (χ0n) is 19.4. The SMILES string of the molecule is O=C(Cn1ccc2ccc(C(F)(F)F)cc21)N1CCN(c2ccc(S(=O)(=O)Nc3ncns3)cc2)C(=O)C1.[HH]. The molecule has 1 saturated heterocycles. The molecule has 2 amide bonds. The first-order chi connectivity index (χ1) is 18.0. The van der Waals surface area contributed by atoms with Crippen LogP contribution in [0.2, 0.25) is 0 Å². The maximum absolute atomic E-state index is 13.1. The lowest BCUT2D eigenvalue weighted by Crippen LogP contribution is -2.53. The third kappa shape index (κ3) is 5.19. The highest BCUT2D eigenvalue weighted by atomic mass is 32.2. The summed E-state index contributed by atoms with van der Waals surface area (Å²) < 4.78 is 71.8. The number of benzene rings is 2. The number of halogens is 3. The number of aromatic nitrogens is 3. The quantitative estimate of drug-likeness (QED) is 0.382. The summed E-state index contributed by atoms with van der Waals surface area (Å²) in [5.41, 5.74) is -0.0715. The number of nitrogens with one attached hydrogen (secondary N) is 1. The van der Waals surface area contributed by atoms with Crippen molar-refractivity contribution in [1.29, 1.82) is 0 Å². The number of anilines is 2. The van der Waals surface area contributed by atoms with Gasteiger partial charge in [0.2, 0.25) is 16.9 Å². The summed E-state index contributed by atoms with van der Waals surface area (Å²) in [7, 11) is -3.88. The Morgan fingerprint density at radius 2 is 1.87 bits per heavy atom. The summed E-state index contributed by atoms with van der Waals surface area (Å²) in [4.78, 5) is 32.3. The molecule has 0 unspecified atom stereocenters. The second-order valence-electron chi connectivity index (χ2n) is 8.42. The van der Waals surface area contributed by atoms with Crippen molar-refractivity contribution in [3.05, 3.63) is 66.6 Å². The van der Waals surface area contributed by atoms with E-state index in [0.717, 1.165) is 23.7 Å². The molecule has 15 heteroatoms. The van der Waals surface area contributed by atoms with Gasteiger partial charge in [-0.1, -0.05) is 6.07 Å². The van der Waals surface area contributed by atoms with Crippen LogP contribution in [0.4, 0.5) is 24.0 Å². The van der Waals surface area contributed by atoms with Crippen LogP contribution in [-0.2, 0) is 32.3 Å². The van der Waals surface area contributed by atoms with Crippen LogP contribution in [-0.4, -0.2) is 58.7 Å². The molecule has 1 N–H and O–H groups in total. The maximum atomic E-state index is 13.1. The molecular formula is C23H21F3N6O4S2. The Hall–Kier alpha value is -3.98. The van der Waals surface area contributed by atoms with Gasteiger partial charge in [-0.2, -0.15) is 17.5 Å². The van der Waals surface area contributed by atoms with Gasteiger partial charge < -0.3 is 14.4 Å². The van der Waals surface area contributed by atoms with Crippen molar-refractivity contribution in [3.63, 3.8) is 0 Å². The number of rotatable bonds is 6. The number of hydrogen-bond donors (Lipinski definition) is 1. The molecule has 3 heterocycles. The Balaban J connectivity index is 0.00000353. The monoisotopic (exact) mass is 566 g/mol. The van der Waals surface area contributed by atoms with Crippen LogP contribution in [0.1, 0.15) is 6.99 Å². The van der Waals surface area contributed by atoms with Crippen molar-refractivity contribution in [2.75, 3.05) is 29.3 Å². The zero-order chi connectivity index (χ0) is 27.1. The van der Waals surface area contributed by atoms with Gasteiger partial charge >= 0.3 is 6.18 Å². The van der Waals surface area contributed by atoms with Crippen LogP contribution in [0.5, 0.6) is 0 Å². The van der Waals surface area contributed by atoms with Gasteiger partial charge in [-0.25, -0.2) is 13.4 Å². The molecule has 0 saturated carbocycles. The molecule has 2 aromatic heterocycles. The predicted octanol–water partition coefficient (Wildman–Crippen LogP) is 3.43. The van der Waals surface area contributed by atoms with Gasteiger partial charge in [0.1, 0.15) is 19.4 Å². The molecule has 0 spiro atoms. The average molecular weight is 567 g/mol. The number of sulfonamides is 1. The molecule has 0 bridgehead atoms. The van der Waals surface area contributed by atoms with Crippen LogP contribution >= 0.6 is 11.5 Å². The van der Waals surface area contributed by atoms with E-state index in [0.29, 0.717) is 11.1 Å². The van der Waals surface area contributed by atoms with E-state index in [9.17, 15) is 31.2 Å². The Kier molecular flexibility index (Phi) is 6.56. The van der Waals surface area contributed by atoms with E-state index in [1.165, 1.54) is 57.2 Å².